The third-order valence-electron chi connectivity index (χ3n) is 2.25. The van der Waals surface area contributed by atoms with Crippen molar-refractivity contribution in [1.82, 2.24) is 5.43 Å². The van der Waals surface area contributed by atoms with E-state index in [2.05, 4.69) is 54.8 Å². The van der Waals surface area contributed by atoms with Gasteiger partial charge in [0.15, 0.2) is 0 Å². The largest absolute Gasteiger partial charge is 0.307 e. The highest BCUT2D eigenvalue weighted by atomic mass is 15.3. The van der Waals surface area contributed by atoms with E-state index in [4.69, 9.17) is 0 Å². The highest BCUT2D eigenvalue weighted by Gasteiger charge is 2.15. The Hall–Kier alpha value is -1.31. The van der Waals surface area contributed by atoms with Gasteiger partial charge in [-0.05, 0) is 25.8 Å². The molecular formula is C13H20N2. The molecule has 0 bridgehead atoms. The lowest BCUT2D eigenvalue weighted by atomic mass is 10.0. The van der Waals surface area contributed by atoms with Gasteiger partial charge in [0.25, 0.3) is 0 Å². The summed E-state index contributed by atoms with van der Waals surface area (Å²) in [7, 11) is 0. The molecule has 2 heteroatoms. The fourth-order valence-electron chi connectivity index (χ4n) is 1.49. The third kappa shape index (κ3) is 3.74. The minimum absolute atomic E-state index is 0.462. The number of hydrogen-bond donors (Lipinski definition) is 1. The maximum absolute atomic E-state index is 4.33. The fourth-order valence-corrected chi connectivity index (χ4v) is 1.49. The normalized spacial score (nSPS) is 22.5. The number of allylic oxidation sites excluding steroid dienone is 6. The summed E-state index contributed by atoms with van der Waals surface area (Å²) in [4.78, 5) is 0. The summed E-state index contributed by atoms with van der Waals surface area (Å²) in [6.45, 7) is 6.31. The van der Waals surface area contributed by atoms with Gasteiger partial charge in [-0.25, -0.2) is 0 Å². The molecule has 82 valence electrons. The molecule has 1 N–H and O–H groups in total. The molecule has 1 atom stereocenters. The van der Waals surface area contributed by atoms with Crippen LogP contribution in [0.15, 0.2) is 41.1 Å². The van der Waals surface area contributed by atoms with Crippen molar-refractivity contribution in [2.24, 2.45) is 5.10 Å². The molecule has 1 aliphatic rings. The molecule has 1 heterocycles. The maximum atomic E-state index is 4.33. The van der Waals surface area contributed by atoms with Crippen LogP contribution in [-0.4, -0.2) is 11.8 Å². The number of rotatable bonds is 4. The molecule has 0 radical (unpaired) electrons. The molecule has 1 aliphatic heterocycles. The Labute approximate surface area is 92.5 Å². The number of hydrazone groups is 1. The zero-order chi connectivity index (χ0) is 11.1. The summed E-state index contributed by atoms with van der Waals surface area (Å²) in [6.07, 6.45) is 12.6. The highest BCUT2D eigenvalue weighted by molar-refractivity contribution is 6.03. The second kappa shape index (κ2) is 6.23. The van der Waals surface area contributed by atoms with E-state index in [1.807, 2.05) is 6.92 Å². The van der Waals surface area contributed by atoms with E-state index >= 15 is 0 Å². The first kappa shape index (κ1) is 11.8. The van der Waals surface area contributed by atoms with E-state index in [-0.39, 0.29) is 0 Å². The molecule has 0 saturated carbocycles. The van der Waals surface area contributed by atoms with E-state index in [1.54, 1.807) is 0 Å². The zero-order valence-corrected chi connectivity index (χ0v) is 9.83. The molecule has 1 unspecified atom stereocenters. The van der Waals surface area contributed by atoms with Crippen molar-refractivity contribution in [1.29, 1.82) is 0 Å². The lowest BCUT2D eigenvalue weighted by Crippen LogP contribution is -2.13. The van der Waals surface area contributed by atoms with Crippen molar-refractivity contribution in [3.63, 3.8) is 0 Å². The van der Waals surface area contributed by atoms with Gasteiger partial charge in [0.05, 0.1) is 5.71 Å². The summed E-state index contributed by atoms with van der Waals surface area (Å²) in [5.74, 6) is 0. The van der Waals surface area contributed by atoms with Gasteiger partial charge in [-0.2, -0.15) is 5.10 Å². The van der Waals surface area contributed by atoms with E-state index < -0.39 is 0 Å². The first-order chi connectivity index (χ1) is 7.27. The second-order valence-electron chi connectivity index (χ2n) is 3.75. The lowest BCUT2D eigenvalue weighted by molar-refractivity contribution is 0.636. The van der Waals surface area contributed by atoms with Crippen molar-refractivity contribution < 1.29 is 0 Å². The van der Waals surface area contributed by atoms with Crippen molar-refractivity contribution in [2.75, 3.05) is 0 Å². The van der Waals surface area contributed by atoms with Crippen LogP contribution in [0.3, 0.4) is 0 Å². The molecule has 0 spiro atoms. The van der Waals surface area contributed by atoms with E-state index in [0.29, 0.717) is 6.04 Å². The Morgan fingerprint density at radius 2 is 2.40 bits per heavy atom. The predicted molar refractivity (Wildman–Crippen MR) is 67.0 cm³/mol. The number of nitrogens with zero attached hydrogens (tertiary/aromatic N) is 1. The SMILES string of the molecule is C\C=C/C(=C\C=C\CC)C1=NNC(C)C1. The molecule has 1 rings (SSSR count). The molecule has 0 amide bonds. The van der Waals surface area contributed by atoms with Crippen LogP contribution >= 0.6 is 0 Å². The lowest BCUT2D eigenvalue weighted by Gasteiger charge is -2.00. The highest BCUT2D eigenvalue weighted by Crippen LogP contribution is 2.12. The molecular weight excluding hydrogens is 184 g/mol. The van der Waals surface area contributed by atoms with Gasteiger partial charge in [-0.15, -0.1) is 0 Å². The zero-order valence-electron chi connectivity index (χ0n) is 9.83. The van der Waals surface area contributed by atoms with Gasteiger partial charge < -0.3 is 5.43 Å². The second-order valence-corrected chi connectivity index (χ2v) is 3.75. The fraction of sp³-hybridized carbons (Fsp3) is 0.462. The van der Waals surface area contributed by atoms with Crippen LogP contribution in [-0.2, 0) is 0 Å². The first-order valence-corrected chi connectivity index (χ1v) is 5.60. The van der Waals surface area contributed by atoms with Crippen molar-refractivity contribution >= 4 is 5.71 Å². The Balaban J connectivity index is 2.74. The third-order valence-corrected chi connectivity index (χ3v) is 2.25. The molecule has 0 aromatic carbocycles. The van der Waals surface area contributed by atoms with Crippen LogP contribution in [0.5, 0.6) is 0 Å². The van der Waals surface area contributed by atoms with Gasteiger partial charge in [-0.1, -0.05) is 37.3 Å². The molecule has 0 fully saturated rings. The molecule has 2 nitrogen and oxygen atoms in total. The Kier molecular flexibility index (Phi) is 4.88. The van der Waals surface area contributed by atoms with Crippen LogP contribution in [0.4, 0.5) is 0 Å². The van der Waals surface area contributed by atoms with Crippen molar-refractivity contribution in [3.05, 3.63) is 36.0 Å². The molecule has 0 aliphatic carbocycles. The smallest absolute Gasteiger partial charge is 0.0696 e. The molecule has 0 aromatic rings. The summed E-state index contributed by atoms with van der Waals surface area (Å²) in [6, 6.07) is 0.462. The minimum Gasteiger partial charge on any atom is -0.307 e. The Morgan fingerprint density at radius 3 is 2.93 bits per heavy atom. The maximum Gasteiger partial charge on any atom is 0.0696 e. The minimum atomic E-state index is 0.462. The van der Waals surface area contributed by atoms with Crippen LogP contribution in [0.25, 0.3) is 0 Å². The topological polar surface area (TPSA) is 24.4 Å². The number of nitrogens with one attached hydrogen (secondary N) is 1. The van der Waals surface area contributed by atoms with Gasteiger partial charge in [0, 0.05) is 12.5 Å². The monoisotopic (exact) mass is 204 g/mol. The predicted octanol–water partition coefficient (Wildman–Crippen LogP) is 3.19. The van der Waals surface area contributed by atoms with Gasteiger partial charge in [-0.3, -0.25) is 0 Å². The average Bonchev–Trinajstić information content (AvgIpc) is 2.64. The Bertz CT molecular complexity index is 308. The Morgan fingerprint density at radius 1 is 1.60 bits per heavy atom. The van der Waals surface area contributed by atoms with E-state index in [1.165, 1.54) is 5.57 Å². The van der Waals surface area contributed by atoms with E-state index in [9.17, 15) is 0 Å². The summed E-state index contributed by atoms with van der Waals surface area (Å²) < 4.78 is 0. The summed E-state index contributed by atoms with van der Waals surface area (Å²) in [5, 5.41) is 4.33. The van der Waals surface area contributed by atoms with Gasteiger partial charge in [0.1, 0.15) is 0 Å². The van der Waals surface area contributed by atoms with Crippen LogP contribution in [0, 0.1) is 0 Å². The quantitative estimate of drug-likeness (QED) is 0.699. The van der Waals surface area contributed by atoms with Crippen LogP contribution in [0.2, 0.25) is 0 Å². The van der Waals surface area contributed by atoms with Gasteiger partial charge in [0.2, 0.25) is 0 Å². The average molecular weight is 204 g/mol. The van der Waals surface area contributed by atoms with Gasteiger partial charge >= 0.3 is 0 Å². The standard InChI is InChI=1S/C13H20N2/c1-4-6-7-9-12(8-5-2)13-10-11(3)14-15-13/h5-9,11,14H,4,10H2,1-3H3/b7-6+,8-5-,12-9+. The molecule has 0 saturated heterocycles. The first-order valence-electron chi connectivity index (χ1n) is 5.60. The van der Waals surface area contributed by atoms with Crippen molar-refractivity contribution in [3.8, 4) is 0 Å². The van der Waals surface area contributed by atoms with Crippen LogP contribution < -0.4 is 5.43 Å². The molecule has 15 heavy (non-hydrogen) atoms. The van der Waals surface area contributed by atoms with Crippen LogP contribution in [0.1, 0.15) is 33.6 Å². The van der Waals surface area contributed by atoms with Crippen molar-refractivity contribution in [2.45, 2.75) is 39.7 Å². The molecule has 0 aromatic heterocycles. The summed E-state index contributed by atoms with van der Waals surface area (Å²) >= 11 is 0. The number of hydrogen-bond acceptors (Lipinski definition) is 2. The summed E-state index contributed by atoms with van der Waals surface area (Å²) in [5.41, 5.74) is 5.45. The van der Waals surface area contributed by atoms with E-state index in [0.717, 1.165) is 18.6 Å².